The third kappa shape index (κ3) is 2.91. The maximum atomic E-state index is 11.3. The van der Waals surface area contributed by atoms with Crippen LogP contribution in [0.25, 0.3) is 5.65 Å². The van der Waals surface area contributed by atoms with Crippen molar-refractivity contribution in [3.05, 3.63) is 30.1 Å². The van der Waals surface area contributed by atoms with E-state index in [0.717, 1.165) is 5.65 Å². The minimum atomic E-state index is -0.411. The predicted molar refractivity (Wildman–Crippen MR) is 77.4 cm³/mol. The van der Waals surface area contributed by atoms with Crippen LogP contribution in [0.4, 0.5) is 5.82 Å². The van der Waals surface area contributed by atoms with Crippen LogP contribution >= 0.6 is 0 Å². The van der Waals surface area contributed by atoms with Gasteiger partial charge in [0.1, 0.15) is 5.65 Å². The Hall–Kier alpha value is -2.08. The van der Waals surface area contributed by atoms with Crippen LogP contribution in [0.1, 0.15) is 19.5 Å². The average Bonchev–Trinajstić information content (AvgIpc) is 2.75. The Morgan fingerprint density at radius 2 is 2.25 bits per heavy atom. The molecule has 0 aliphatic rings. The first-order valence-corrected chi connectivity index (χ1v) is 6.63. The van der Waals surface area contributed by atoms with Gasteiger partial charge in [-0.3, -0.25) is 9.20 Å². The fraction of sp³-hybridized carbons (Fsp3) is 0.429. The normalized spacial score (nSPS) is 11.2. The molecule has 0 radical (unpaired) electrons. The second-order valence-electron chi connectivity index (χ2n) is 5.21. The molecule has 0 saturated carbocycles. The Kier molecular flexibility index (Phi) is 4.24. The van der Waals surface area contributed by atoms with E-state index < -0.39 is 5.91 Å². The molecular formula is C14H20N4O2. The summed E-state index contributed by atoms with van der Waals surface area (Å²) in [6.07, 6.45) is 1.84. The first-order valence-electron chi connectivity index (χ1n) is 6.63. The van der Waals surface area contributed by atoms with Crippen molar-refractivity contribution in [3.63, 3.8) is 0 Å². The monoisotopic (exact) mass is 276 g/mol. The van der Waals surface area contributed by atoms with Crippen LogP contribution < -0.4 is 10.6 Å². The zero-order valence-electron chi connectivity index (χ0n) is 11.8. The molecule has 0 aromatic carbocycles. The van der Waals surface area contributed by atoms with Gasteiger partial charge in [-0.25, -0.2) is 4.98 Å². The number of imidazole rings is 1. The average molecular weight is 276 g/mol. The molecule has 0 aliphatic heterocycles. The van der Waals surface area contributed by atoms with Gasteiger partial charge >= 0.3 is 0 Å². The van der Waals surface area contributed by atoms with E-state index in [1.54, 1.807) is 0 Å². The van der Waals surface area contributed by atoms with Crippen LogP contribution in [0.3, 0.4) is 0 Å². The molecule has 6 heteroatoms. The summed E-state index contributed by atoms with van der Waals surface area (Å²) in [5, 5.41) is 9.62. The van der Waals surface area contributed by atoms with Crippen molar-refractivity contribution in [2.24, 2.45) is 11.7 Å². The van der Waals surface area contributed by atoms with Crippen LogP contribution in [0.2, 0.25) is 0 Å². The first kappa shape index (κ1) is 14.3. The summed E-state index contributed by atoms with van der Waals surface area (Å²) in [6, 6.07) is 5.62. The van der Waals surface area contributed by atoms with Crippen LogP contribution in [0, 0.1) is 5.92 Å². The Bertz CT molecular complexity index is 606. The maximum absolute atomic E-state index is 11.3. The lowest BCUT2D eigenvalue weighted by atomic mass is 10.2. The zero-order valence-corrected chi connectivity index (χ0v) is 11.8. The number of fused-ring (bicyclic) bond motifs is 1. The summed E-state index contributed by atoms with van der Waals surface area (Å²) in [5.41, 5.74) is 6.72. The lowest BCUT2D eigenvalue weighted by Gasteiger charge is -2.23. The molecular weight excluding hydrogens is 256 g/mol. The fourth-order valence-electron chi connectivity index (χ4n) is 2.29. The number of rotatable bonds is 6. The number of carbonyl (C=O) groups excluding carboxylic acids is 1. The van der Waals surface area contributed by atoms with Gasteiger partial charge in [0.15, 0.2) is 5.82 Å². The van der Waals surface area contributed by atoms with Gasteiger partial charge in [-0.1, -0.05) is 19.9 Å². The van der Waals surface area contributed by atoms with Crippen molar-refractivity contribution in [1.82, 2.24) is 9.38 Å². The topological polar surface area (TPSA) is 83.9 Å². The number of pyridine rings is 1. The smallest absolute Gasteiger partial charge is 0.236 e. The highest BCUT2D eigenvalue weighted by Crippen LogP contribution is 2.22. The molecule has 2 heterocycles. The Balaban J connectivity index is 2.48. The van der Waals surface area contributed by atoms with Gasteiger partial charge in [-0.05, 0) is 18.1 Å². The van der Waals surface area contributed by atoms with E-state index in [2.05, 4.69) is 18.8 Å². The van der Waals surface area contributed by atoms with Gasteiger partial charge in [0.25, 0.3) is 0 Å². The molecule has 0 atom stereocenters. The first-order chi connectivity index (χ1) is 9.52. The summed E-state index contributed by atoms with van der Waals surface area (Å²) in [7, 11) is 0. The van der Waals surface area contributed by atoms with E-state index in [9.17, 15) is 9.90 Å². The van der Waals surface area contributed by atoms with Crippen LogP contribution in [0.15, 0.2) is 24.4 Å². The van der Waals surface area contributed by atoms with Gasteiger partial charge in [0, 0.05) is 12.7 Å². The summed E-state index contributed by atoms with van der Waals surface area (Å²) >= 11 is 0. The number of aromatic nitrogens is 2. The highest BCUT2D eigenvalue weighted by Gasteiger charge is 2.19. The molecule has 2 rings (SSSR count). The molecule has 2 aromatic rings. The molecule has 0 fully saturated rings. The van der Waals surface area contributed by atoms with Crippen LogP contribution in [-0.4, -0.2) is 33.5 Å². The summed E-state index contributed by atoms with van der Waals surface area (Å²) in [6.45, 7) is 4.72. The molecule has 6 nitrogen and oxygen atoms in total. The minimum absolute atomic E-state index is 0.0923. The van der Waals surface area contributed by atoms with E-state index >= 15 is 0 Å². The van der Waals surface area contributed by atoms with E-state index in [0.29, 0.717) is 24.0 Å². The Morgan fingerprint density at radius 1 is 1.50 bits per heavy atom. The largest absolute Gasteiger partial charge is 0.390 e. The summed E-state index contributed by atoms with van der Waals surface area (Å²) < 4.78 is 1.82. The number of hydrogen-bond donors (Lipinski definition) is 2. The van der Waals surface area contributed by atoms with E-state index in [1.807, 2.05) is 33.7 Å². The van der Waals surface area contributed by atoms with Gasteiger partial charge in [0.05, 0.1) is 18.8 Å². The summed E-state index contributed by atoms with van der Waals surface area (Å²) in [5.74, 6) is 0.559. The van der Waals surface area contributed by atoms with E-state index in [4.69, 9.17) is 5.73 Å². The molecule has 0 aliphatic carbocycles. The van der Waals surface area contributed by atoms with E-state index in [-0.39, 0.29) is 13.2 Å². The molecule has 3 N–H and O–H groups in total. The fourth-order valence-corrected chi connectivity index (χ4v) is 2.29. The van der Waals surface area contributed by atoms with Crippen molar-refractivity contribution in [1.29, 1.82) is 0 Å². The standard InChI is InChI=1S/C14H20N4O2/c1-10(2)7-17(8-12(15)20)14-11(9-19)18-6-4-3-5-13(18)16-14/h3-6,10,19H,7-9H2,1-2H3,(H2,15,20). The zero-order chi connectivity index (χ0) is 14.7. The highest BCUT2D eigenvalue weighted by atomic mass is 16.3. The second-order valence-corrected chi connectivity index (χ2v) is 5.21. The third-order valence-corrected chi connectivity index (χ3v) is 2.99. The number of aliphatic hydroxyl groups is 1. The van der Waals surface area contributed by atoms with Crippen LogP contribution in [0.5, 0.6) is 0 Å². The quantitative estimate of drug-likeness (QED) is 0.816. The highest BCUT2D eigenvalue weighted by molar-refractivity contribution is 5.79. The second kappa shape index (κ2) is 5.92. The third-order valence-electron chi connectivity index (χ3n) is 2.99. The minimum Gasteiger partial charge on any atom is -0.390 e. The molecule has 108 valence electrons. The number of nitrogens with two attached hydrogens (primary N) is 1. The Labute approximate surface area is 117 Å². The van der Waals surface area contributed by atoms with Gasteiger partial charge in [-0.15, -0.1) is 0 Å². The number of hydrogen-bond acceptors (Lipinski definition) is 4. The number of carbonyl (C=O) groups is 1. The van der Waals surface area contributed by atoms with Crippen molar-refractivity contribution in [3.8, 4) is 0 Å². The van der Waals surface area contributed by atoms with Crippen LogP contribution in [-0.2, 0) is 11.4 Å². The van der Waals surface area contributed by atoms with Crippen molar-refractivity contribution >= 4 is 17.4 Å². The number of nitrogens with zero attached hydrogens (tertiary/aromatic N) is 3. The predicted octanol–water partition coefficient (Wildman–Crippen LogP) is 0.774. The number of primary amides is 1. The Morgan fingerprint density at radius 3 is 2.85 bits per heavy atom. The maximum Gasteiger partial charge on any atom is 0.236 e. The van der Waals surface area contributed by atoms with Gasteiger partial charge < -0.3 is 15.7 Å². The molecule has 0 bridgehead atoms. The van der Waals surface area contributed by atoms with Crippen molar-refractivity contribution < 1.29 is 9.90 Å². The van der Waals surface area contributed by atoms with Crippen molar-refractivity contribution in [2.75, 3.05) is 18.0 Å². The molecule has 0 unspecified atom stereocenters. The SMILES string of the molecule is CC(C)CN(CC(N)=O)c1nc2ccccn2c1CO. The lowest BCUT2D eigenvalue weighted by Crippen LogP contribution is -2.37. The summed E-state index contributed by atoms with van der Waals surface area (Å²) in [4.78, 5) is 17.6. The van der Waals surface area contributed by atoms with Crippen molar-refractivity contribution in [2.45, 2.75) is 20.5 Å². The lowest BCUT2D eigenvalue weighted by molar-refractivity contribution is -0.116. The number of anilines is 1. The van der Waals surface area contributed by atoms with E-state index in [1.165, 1.54) is 0 Å². The molecule has 20 heavy (non-hydrogen) atoms. The molecule has 0 saturated heterocycles. The molecule has 1 amide bonds. The molecule has 2 aromatic heterocycles. The number of amides is 1. The molecule has 0 spiro atoms. The van der Waals surface area contributed by atoms with Gasteiger partial charge in [0.2, 0.25) is 5.91 Å². The van der Waals surface area contributed by atoms with Gasteiger partial charge in [-0.2, -0.15) is 0 Å². The number of aliphatic hydroxyl groups excluding tert-OH is 1.